The predicted octanol–water partition coefficient (Wildman–Crippen LogP) is 0.0133. The van der Waals surface area contributed by atoms with Crippen LogP contribution in [-0.4, -0.2) is 29.1 Å². The van der Waals surface area contributed by atoms with Crippen LogP contribution in [-0.2, 0) is 9.59 Å². The molecule has 0 aliphatic heterocycles. The van der Waals surface area contributed by atoms with Crippen molar-refractivity contribution in [1.29, 1.82) is 0 Å². The van der Waals surface area contributed by atoms with Crippen molar-refractivity contribution >= 4 is 11.9 Å². The Balaban J connectivity index is 2.34. The van der Waals surface area contributed by atoms with Gasteiger partial charge in [0.05, 0.1) is 12.5 Å². The molecule has 0 fully saturated rings. The van der Waals surface area contributed by atoms with E-state index in [0.29, 0.717) is 0 Å². The molecule has 0 aromatic rings. The van der Waals surface area contributed by atoms with E-state index in [1.165, 1.54) is 0 Å². The molecule has 0 aromatic carbocycles. The number of hydrogen-bond donors (Lipinski definition) is 3. The third kappa shape index (κ3) is 4.12. The molecule has 0 heterocycles. The molecular formula is C10H16N2O3. The van der Waals surface area contributed by atoms with Gasteiger partial charge in [0.2, 0.25) is 5.91 Å². The van der Waals surface area contributed by atoms with E-state index in [9.17, 15) is 9.59 Å². The lowest BCUT2D eigenvalue weighted by Gasteiger charge is -2.21. The topological polar surface area (TPSA) is 92.4 Å². The lowest BCUT2D eigenvalue weighted by atomic mass is 10.0. The summed E-state index contributed by atoms with van der Waals surface area (Å²) in [6.45, 7) is 0. The molecule has 84 valence electrons. The molecule has 15 heavy (non-hydrogen) atoms. The van der Waals surface area contributed by atoms with Crippen LogP contribution in [0.3, 0.4) is 0 Å². The predicted molar refractivity (Wildman–Crippen MR) is 55.1 cm³/mol. The molecule has 0 spiro atoms. The minimum absolute atomic E-state index is 0.0994. The van der Waals surface area contributed by atoms with Gasteiger partial charge in [-0.25, -0.2) is 0 Å². The van der Waals surface area contributed by atoms with Crippen LogP contribution in [0.1, 0.15) is 25.7 Å². The molecule has 0 saturated heterocycles. The van der Waals surface area contributed by atoms with Crippen molar-refractivity contribution in [2.75, 3.05) is 0 Å². The summed E-state index contributed by atoms with van der Waals surface area (Å²) in [7, 11) is 0. The molecule has 4 N–H and O–H groups in total. The second-order valence-corrected chi connectivity index (χ2v) is 3.69. The van der Waals surface area contributed by atoms with Crippen LogP contribution >= 0.6 is 0 Å². The summed E-state index contributed by atoms with van der Waals surface area (Å²) >= 11 is 0. The highest BCUT2D eigenvalue weighted by Crippen LogP contribution is 2.10. The summed E-state index contributed by atoms with van der Waals surface area (Å²) in [5.41, 5.74) is 5.42. The largest absolute Gasteiger partial charge is 0.481 e. The molecule has 1 aliphatic carbocycles. The number of allylic oxidation sites excluding steroid dienone is 1. The zero-order valence-corrected chi connectivity index (χ0v) is 8.48. The van der Waals surface area contributed by atoms with Gasteiger partial charge in [0.25, 0.3) is 0 Å². The van der Waals surface area contributed by atoms with Crippen molar-refractivity contribution in [3.8, 4) is 0 Å². The lowest BCUT2D eigenvalue weighted by molar-refractivity contribution is -0.139. The Bertz CT molecular complexity index is 276. The van der Waals surface area contributed by atoms with Gasteiger partial charge in [-0.1, -0.05) is 12.2 Å². The molecule has 1 aliphatic rings. The monoisotopic (exact) mass is 212 g/mol. The normalized spacial score (nSPS) is 22.1. The van der Waals surface area contributed by atoms with Crippen molar-refractivity contribution in [3.05, 3.63) is 12.2 Å². The number of nitrogens with two attached hydrogens (primary N) is 1. The molecule has 1 amide bonds. The Labute approximate surface area is 88.3 Å². The van der Waals surface area contributed by atoms with E-state index < -0.39 is 12.0 Å². The van der Waals surface area contributed by atoms with Gasteiger partial charge in [0.1, 0.15) is 0 Å². The van der Waals surface area contributed by atoms with E-state index in [4.69, 9.17) is 10.8 Å². The number of carbonyl (C=O) groups is 2. The van der Waals surface area contributed by atoms with Crippen LogP contribution in [0.5, 0.6) is 0 Å². The van der Waals surface area contributed by atoms with E-state index in [-0.39, 0.29) is 18.4 Å². The average Bonchev–Trinajstić information content (AvgIpc) is 2.18. The summed E-state index contributed by atoms with van der Waals surface area (Å²) in [4.78, 5) is 21.8. The maximum atomic E-state index is 11.4. The van der Waals surface area contributed by atoms with Gasteiger partial charge in [0, 0.05) is 6.04 Å². The highest BCUT2D eigenvalue weighted by atomic mass is 16.4. The molecule has 5 heteroatoms. The Morgan fingerprint density at radius 2 is 2.27 bits per heavy atom. The van der Waals surface area contributed by atoms with Crippen molar-refractivity contribution in [1.82, 2.24) is 5.32 Å². The standard InChI is InChI=1S/C10H16N2O3/c11-8(6-9(13)14)10(15)12-7-4-2-1-3-5-7/h1-2,7-8H,3-6,11H2,(H,12,15)(H,13,14). The third-order valence-electron chi connectivity index (χ3n) is 2.35. The number of rotatable bonds is 4. The first-order valence-electron chi connectivity index (χ1n) is 5.02. The summed E-state index contributed by atoms with van der Waals surface area (Å²) in [6, 6.07) is -0.851. The zero-order chi connectivity index (χ0) is 11.3. The summed E-state index contributed by atoms with van der Waals surface area (Å²) in [6.07, 6.45) is 6.39. The summed E-state index contributed by atoms with van der Waals surface area (Å²) < 4.78 is 0. The smallest absolute Gasteiger partial charge is 0.305 e. The van der Waals surface area contributed by atoms with Crippen LogP contribution in [0, 0.1) is 0 Å². The zero-order valence-electron chi connectivity index (χ0n) is 8.48. The molecule has 2 atom stereocenters. The second kappa shape index (κ2) is 5.50. The number of carboxylic acids is 1. The minimum atomic E-state index is -1.05. The molecule has 2 unspecified atom stereocenters. The van der Waals surface area contributed by atoms with Crippen LogP contribution in [0.25, 0.3) is 0 Å². The van der Waals surface area contributed by atoms with Gasteiger partial charge in [-0.15, -0.1) is 0 Å². The van der Waals surface area contributed by atoms with Crippen LogP contribution in [0.15, 0.2) is 12.2 Å². The highest BCUT2D eigenvalue weighted by molar-refractivity contribution is 5.86. The molecule has 0 aromatic heterocycles. The first-order chi connectivity index (χ1) is 7.09. The van der Waals surface area contributed by atoms with Gasteiger partial charge in [-0.2, -0.15) is 0 Å². The number of amides is 1. The van der Waals surface area contributed by atoms with Crippen LogP contribution in [0.2, 0.25) is 0 Å². The number of aliphatic carboxylic acids is 1. The maximum Gasteiger partial charge on any atom is 0.305 e. The van der Waals surface area contributed by atoms with Gasteiger partial charge in [0.15, 0.2) is 0 Å². The molecule has 0 bridgehead atoms. The Morgan fingerprint density at radius 3 is 2.80 bits per heavy atom. The van der Waals surface area contributed by atoms with Crippen LogP contribution < -0.4 is 11.1 Å². The van der Waals surface area contributed by atoms with Gasteiger partial charge in [-0.05, 0) is 19.3 Å². The first-order valence-corrected chi connectivity index (χ1v) is 5.02. The van der Waals surface area contributed by atoms with E-state index >= 15 is 0 Å². The molecule has 1 rings (SSSR count). The van der Waals surface area contributed by atoms with Crippen molar-refractivity contribution < 1.29 is 14.7 Å². The molecule has 0 saturated carbocycles. The van der Waals surface area contributed by atoms with E-state index in [1.807, 2.05) is 6.08 Å². The van der Waals surface area contributed by atoms with E-state index in [1.54, 1.807) is 0 Å². The number of nitrogens with one attached hydrogen (secondary N) is 1. The van der Waals surface area contributed by atoms with Gasteiger partial charge < -0.3 is 16.2 Å². The summed E-state index contributed by atoms with van der Waals surface area (Å²) in [5.74, 6) is -1.43. The second-order valence-electron chi connectivity index (χ2n) is 3.69. The number of carbonyl (C=O) groups excluding carboxylic acids is 1. The maximum absolute atomic E-state index is 11.4. The molecule has 5 nitrogen and oxygen atoms in total. The Morgan fingerprint density at radius 1 is 1.53 bits per heavy atom. The van der Waals surface area contributed by atoms with E-state index in [2.05, 4.69) is 11.4 Å². The summed E-state index contributed by atoms with van der Waals surface area (Å²) in [5, 5.41) is 11.2. The molecule has 0 radical (unpaired) electrons. The highest BCUT2D eigenvalue weighted by Gasteiger charge is 2.20. The van der Waals surface area contributed by atoms with Crippen molar-refractivity contribution in [3.63, 3.8) is 0 Å². The SMILES string of the molecule is NC(CC(=O)O)C(=O)NC1CC=CCC1. The van der Waals surface area contributed by atoms with E-state index in [0.717, 1.165) is 19.3 Å². The fourth-order valence-electron chi connectivity index (χ4n) is 1.51. The average molecular weight is 212 g/mol. The fourth-order valence-corrected chi connectivity index (χ4v) is 1.51. The van der Waals surface area contributed by atoms with Gasteiger partial charge in [-0.3, -0.25) is 9.59 Å². The van der Waals surface area contributed by atoms with Crippen molar-refractivity contribution in [2.45, 2.75) is 37.8 Å². The van der Waals surface area contributed by atoms with Crippen molar-refractivity contribution in [2.24, 2.45) is 5.73 Å². The molecular weight excluding hydrogens is 196 g/mol. The number of carboxylic acid groups (broad SMARTS) is 1. The number of hydrogen-bond acceptors (Lipinski definition) is 3. The Kier molecular flexibility index (Phi) is 4.30. The minimum Gasteiger partial charge on any atom is -0.481 e. The third-order valence-corrected chi connectivity index (χ3v) is 2.35. The van der Waals surface area contributed by atoms with Crippen LogP contribution in [0.4, 0.5) is 0 Å². The lowest BCUT2D eigenvalue weighted by Crippen LogP contribution is -2.46. The van der Waals surface area contributed by atoms with Gasteiger partial charge >= 0.3 is 5.97 Å². The Hall–Kier alpha value is -1.36. The quantitative estimate of drug-likeness (QED) is 0.572. The first kappa shape index (κ1) is 11.7. The fraction of sp³-hybridized carbons (Fsp3) is 0.600.